The summed E-state index contributed by atoms with van der Waals surface area (Å²) in [6.45, 7) is 0.554. The van der Waals surface area contributed by atoms with Crippen molar-refractivity contribution in [1.29, 1.82) is 0 Å². The highest BCUT2D eigenvalue weighted by atomic mass is 32.3. The molecule has 1 aliphatic heterocycles. The van der Waals surface area contributed by atoms with E-state index in [-0.39, 0.29) is 12.7 Å². The fraction of sp³-hybridized carbons (Fsp3) is 1.00. The maximum absolute atomic E-state index is 10.1. The van der Waals surface area contributed by atoms with Crippen molar-refractivity contribution in [3.63, 3.8) is 0 Å². The van der Waals surface area contributed by atoms with Gasteiger partial charge in [-0.25, -0.2) is 4.18 Å². The molecule has 0 radical (unpaired) electrons. The second-order valence-corrected chi connectivity index (χ2v) is 3.44. The third-order valence-corrected chi connectivity index (χ3v) is 1.86. The van der Waals surface area contributed by atoms with Gasteiger partial charge in [0.15, 0.2) is 0 Å². The minimum absolute atomic E-state index is 0.0845. The van der Waals surface area contributed by atoms with Crippen LogP contribution < -0.4 is 0 Å². The van der Waals surface area contributed by atoms with Crippen LogP contribution in [0.2, 0.25) is 0 Å². The monoisotopic (exact) mass is 182 g/mol. The Balaban J connectivity index is 2.22. The Kier molecular flexibility index (Phi) is 2.83. The van der Waals surface area contributed by atoms with Gasteiger partial charge in [0.05, 0.1) is 12.7 Å². The molecular weight excluding hydrogens is 172 g/mol. The van der Waals surface area contributed by atoms with Crippen molar-refractivity contribution in [2.24, 2.45) is 0 Å². The van der Waals surface area contributed by atoms with E-state index in [9.17, 15) is 8.42 Å². The molecule has 1 atom stereocenters. The first-order valence-corrected chi connectivity index (χ1v) is 4.68. The zero-order chi connectivity index (χ0) is 8.32. The lowest BCUT2D eigenvalue weighted by Crippen LogP contribution is -2.17. The van der Waals surface area contributed by atoms with Crippen molar-refractivity contribution >= 4 is 10.4 Å². The summed E-state index contributed by atoms with van der Waals surface area (Å²) in [4.78, 5) is 0. The van der Waals surface area contributed by atoms with Gasteiger partial charge in [0, 0.05) is 6.61 Å². The van der Waals surface area contributed by atoms with Crippen LogP contribution in [0.4, 0.5) is 0 Å². The molecule has 1 N–H and O–H groups in total. The first kappa shape index (κ1) is 8.92. The van der Waals surface area contributed by atoms with Gasteiger partial charge in [-0.15, -0.1) is 0 Å². The van der Waals surface area contributed by atoms with Crippen molar-refractivity contribution in [2.75, 3.05) is 13.2 Å². The summed E-state index contributed by atoms with van der Waals surface area (Å²) in [6.07, 6.45) is 1.52. The molecule has 66 valence electrons. The standard InChI is InChI=1S/C5H10O5S/c6-11(7,8)10-4-5-2-1-3-9-5/h5H,1-4H2,(H,6,7,8). The lowest BCUT2D eigenvalue weighted by atomic mass is 10.2. The summed E-state index contributed by atoms with van der Waals surface area (Å²) in [6, 6.07) is 0. The van der Waals surface area contributed by atoms with E-state index in [1.807, 2.05) is 0 Å². The Morgan fingerprint density at radius 1 is 1.64 bits per heavy atom. The highest BCUT2D eigenvalue weighted by Gasteiger charge is 2.18. The van der Waals surface area contributed by atoms with Crippen LogP contribution in [-0.2, 0) is 19.3 Å². The van der Waals surface area contributed by atoms with Crippen LogP contribution in [0.3, 0.4) is 0 Å². The molecule has 1 saturated heterocycles. The highest BCUT2D eigenvalue weighted by molar-refractivity contribution is 7.80. The average Bonchev–Trinajstić information content (AvgIpc) is 2.32. The Morgan fingerprint density at radius 2 is 2.36 bits per heavy atom. The van der Waals surface area contributed by atoms with Crippen LogP contribution in [0, 0.1) is 0 Å². The molecule has 0 saturated carbocycles. The third-order valence-electron chi connectivity index (χ3n) is 1.43. The molecule has 5 nitrogen and oxygen atoms in total. The number of rotatable bonds is 3. The molecule has 0 amide bonds. The summed E-state index contributed by atoms with van der Waals surface area (Å²) >= 11 is 0. The molecule has 0 aliphatic carbocycles. The lowest BCUT2D eigenvalue weighted by Gasteiger charge is -2.06. The van der Waals surface area contributed by atoms with Gasteiger partial charge in [-0.2, -0.15) is 8.42 Å². The van der Waals surface area contributed by atoms with Crippen LogP contribution >= 0.6 is 0 Å². The van der Waals surface area contributed by atoms with E-state index in [1.165, 1.54) is 0 Å². The summed E-state index contributed by atoms with van der Waals surface area (Å²) in [5.41, 5.74) is 0. The van der Waals surface area contributed by atoms with Crippen molar-refractivity contribution in [2.45, 2.75) is 18.9 Å². The molecular formula is C5H10O5S. The summed E-state index contributed by atoms with van der Waals surface area (Å²) < 4.78 is 37.5. The summed E-state index contributed by atoms with van der Waals surface area (Å²) in [5, 5.41) is 0. The van der Waals surface area contributed by atoms with Crippen molar-refractivity contribution in [3.05, 3.63) is 0 Å². The largest absolute Gasteiger partial charge is 0.397 e. The maximum atomic E-state index is 10.1. The van der Waals surface area contributed by atoms with Gasteiger partial charge in [0.2, 0.25) is 0 Å². The zero-order valence-corrected chi connectivity index (χ0v) is 6.71. The highest BCUT2D eigenvalue weighted by Crippen LogP contribution is 2.12. The van der Waals surface area contributed by atoms with Crippen molar-refractivity contribution in [3.8, 4) is 0 Å². The minimum atomic E-state index is -4.29. The van der Waals surface area contributed by atoms with Crippen LogP contribution in [0.1, 0.15) is 12.8 Å². The number of hydrogen-bond donors (Lipinski definition) is 1. The van der Waals surface area contributed by atoms with Crippen LogP contribution in [0.25, 0.3) is 0 Å². The van der Waals surface area contributed by atoms with E-state index < -0.39 is 10.4 Å². The zero-order valence-electron chi connectivity index (χ0n) is 5.89. The van der Waals surface area contributed by atoms with Gasteiger partial charge < -0.3 is 4.74 Å². The van der Waals surface area contributed by atoms with E-state index in [4.69, 9.17) is 9.29 Å². The Labute approximate surface area is 65.3 Å². The fourth-order valence-electron chi connectivity index (χ4n) is 0.938. The first-order valence-electron chi connectivity index (χ1n) is 3.31. The lowest BCUT2D eigenvalue weighted by molar-refractivity contribution is 0.0656. The molecule has 0 aromatic carbocycles. The van der Waals surface area contributed by atoms with Gasteiger partial charge in [0.1, 0.15) is 0 Å². The third kappa shape index (κ3) is 3.66. The molecule has 1 aliphatic rings. The van der Waals surface area contributed by atoms with E-state index in [1.54, 1.807) is 0 Å². The minimum Gasteiger partial charge on any atom is -0.376 e. The van der Waals surface area contributed by atoms with E-state index in [2.05, 4.69) is 4.18 Å². The molecule has 0 aromatic heterocycles. The van der Waals surface area contributed by atoms with E-state index in [0.717, 1.165) is 12.8 Å². The van der Waals surface area contributed by atoms with E-state index >= 15 is 0 Å². The van der Waals surface area contributed by atoms with Gasteiger partial charge in [-0.05, 0) is 12.8 Å². The summed E-state index contributed by atoms with van der Waals surface area (Å²) in [7, 11) is -4.29. The average molecular weight is 182 g/mol. The second-order valence-electron chi connectivity index (χ2n) is 2.35. The first-order chi connectivity index (χ1) is 5.08. The number of ether oxygens (including phenoxy) is 1. The Bertz CT molecular complexity index is 203. The van der Waals surface area contributed by atoms with Gasteiger partial charge >= 0.3 is 10.4 Å². The predicted molar refractivity (Wildman–Crippen MR) is 36.5 cm³/mol. The molecule has 6 heteroatoms. The predicted octanol–water partition coefficient (Wildman–Crippen LogP) is -0.0152. The van der Waals surface area contributed by atoms with Crippen LogP contribution in [-0.4, -0.2) is 32.3 Å². The Morgan fingerprint density at radius 3 is 2.82 bits per heavy atom. The molecule has 1 rings (SSSR count). The van der Waals surface area contributed by atoms with Gasteiger partial charge in [0.25, 0.3) is 0 Å². The summed E-state index contributed by atoms with van der Waals surface area (Å²) in [5.74, 6) is 0. The smallest absolute Gasteiger partial charge is 0.376 e. The second kappa shape index (κ2) is 3.48. The quantitative estimate of drug-likeness (QED) is 0.621. The fourth-order valence-corrected chi connectivity index (χ4v) is 1.26. The number of hydrogen-bond acceptors (Lipinski definition) is 4. The topological polar surface area (TPSA) is 72.8 Å². The van der Waals surface area contributed by atoms with Gasteiger partial charge in [-0.3, -0.25) is 4.55 Å². The van der Waals surface area contributed by atoms with Crippen molar-refractivity contribution < 1.29 is 21.9 Å². The molecule has 1 fully saturated rings. The normalized spacial score (nSPS) is 25.7. The molecule has 0 spiro atoms. The van der Waals surface area contributed by atoms with Crippen LogP contribution in [0.15, 0.2) is 0 Å². The van der Waals surface area contributed by atoms with Crippen LogP contribution in [0.5, 0.6) is 0 Å². The van der Waals surface area contributed by atoms with E-state index in [0.29, 0.717) is 6.61 Å². The van der Waals surface area contributed by atoms with Gasteiger partial charge in [-0.1, -0.05) is 0 Å². The molecule has 0 aromatic rings. The SMILES string of the molecule is O=S(=O)(O)OCC1CCCO1. The molecule has 11 heavy (non-hydrogen) atoms. The molecule has 0 bridgehead atoms. The Hall–Kier alpha value is -0.170. The maximum Gasteiger partial charge on any atom is 0.397 e. The molecule has 1 unspecified atom stereocenters. The molecule has 1 heterocycles. The van der Waals surface area contributed by atoms with Crippen molar-refractivity contribution in [1.82, 2.24) is 0 Å².